The first-order chi connectivity index (χ1) is 10.6. The number of amides is 1. The molecular weight excluding hydrogens is 403 g/mol. The summed E-state index contributed by atoms with van der Waals surface area (Å²) >= 11 is 9.25. The third-order valence-electron chi connectivity index (χ3n) is 3.75. The topological polar surface area (TPSA) is 50.4 Å². The summed E-state index contributed by atoms with van der Waals surface area (Å²) in [5.74, 6) is 1.43. The van der Waals surface area contributed by atoms with Gasteiger partial charge >= 0.3 is 0 Å². The van der Waals surface area contributed by atoms with Crippen molar-refractivity contribution in [2.75, 3.05) is 26.2 Å². The summed E-state index contributed by atoms with van der Waals surface area (Å²) in [7, 11) is 0. The van der Waals surface area contributed by atoms with Crippen LogP contribution < -0.4 is 15.4 Å². The van der Waals surface area contributed by atoms with E-state index in [1.54, 1.807) is 18.2 Å². The van der Waals surface area contributed by atoms with E-state index < -0.39 is 0 Å². The Morgan fingerprint density at radius 1 is 1.48 bits per heavy atom. The molecule has 0 aliphatic carbocycles. The second kappa shape index (κ2) is 11.1. The average molecular weight is 426 g/mol. The largest absolute Gasteiger partial charge is 0.492 e. The minimum absolute atomic E-state index is 0. The van der Waals surface area contributed by atoms with Crippen LogP contribution >= 0.6 is 39.9 Å². The van der Waals surface area contributed by atoms with Crippen molar-refractivity contribution < 1.29 is 9.53 Å². The Hall–Kier alpha value is -0.490. The molecule has 1 aromatic carbocycles. The molecule has 0 bridgehead atoms. The number of nitrogens with one attached hydrogen (secondary N) is 2. The van der Waals surface area contributed by atoms with Crippen molar-refractivity contribution in [2.24, 2.45) is 5.92 Å². The number of ether oxygens (including phenoxy) is 1. The van der Waals surface area contributed by atoms with E-state index in [0.717, 1.165) is 30.5 Å². The molecule has 1 aliphatic rings. The van der Waals surface area contributed by atoms with Crippen LogP contribution in [0.4, 0.5) is 0 Å². The fraction of sp³-hybridized carbons (Fsp3) is 0.562. The molecule has 23 heavy (non-hydrogen) atoms. The molecule has 0 spiro atoms. The number of hydrogen-bond acceptors (Lipinski definition) is 3. The molecule has 130 valence electrons. The fourth-order valence-electron chi connectivity index (χ4n) is 2.52. The zero-order valence-corrected chi connectivity index (χ0v) is 16.1. The van der Waals surface area contributed by atoms with E-state index in [-0.39, 0.29) is 18.3 Å². The average Bonchev–Trinajstić information content (AvgIpc) is 2.50. The number of halogens is 3. The van der Waals surface area contributed by atoms with Crippen molar-refractivity contribution in [3.63, 3.8) is 0 Å². The quantitative estimate of drug-likeness (QED) is 0.698. The van der Waals surface area contributed by atoms with E-state index in [0.29, 0.717) is 29.7 Å². The highest BCUT2D eigenvalue weighted by Crippen LogP contribution is 2.27. The zero-order valence-electron chi connectivity index (χ0n) is 12.9. The Kier molecular flexibility index (Phi) is 9.95. The Balaban J connectivity index is 0.00000264. The van der Waals surface area contributed by atoms with E-state index in [4.69, 9.17) is 16.3 Å². The van der Waals surface area contributed by atoms with Crippen molar-refractivity contribution in [2.45, 2.75) is 25.7 Å². The van der Waals surface area contributed by atoms with Gasteiger partial charge in [-0.05, 0) is 72.4 Å². The van der Waals surface area contributed by atoms with Gasteiger partial charge in [0.2, 0.25) is 5.91 Å². The molecule has 0 radical (unpaired) electrons. The van der Waals surface area contributed by atoms with Gasteiger partial charge in [0.05, 0.1) is 17.5 Å². The Morgan fingerprint density at radius 2 is 2.30 bits per heavy atom. The van der Waals surface area contributed by atoms with Crippen LogP contribution in [0.3, 0.4) is 0 Å². The molecule has 1 aromatic rings. The molecule has 2 rings (SSSR count). The number of hydrogen-bond donors (Lipinski definition) is 2. The minimum Gasteiger partial charge on any atom is -0.492 e. The van der Waals surface area contributed by atoms with Crippen molar-refractivity contribution in [1.29, 1.82) is 0 Å². The first kappa shape index (κ1) is 20.6. The predicted molar refractivity (Wildman–Crippen MR) is 99.7 cm³/mol. The van der Waals surface area contributed by atoms with Gasteiger partial charge in [-0.2, -0.15) is 0 Å². The molecule has 4 nitrogen and oxygen atoms in total. The van der Waals surface area contributed by atoms with Gasteiger partial charge in [-0.3, -0.25) is 4.79 Å². The monoisotopic (exact) mass is 424 g/mol. The standard InChI is InChI=1S/C16H22BrClN2O2.ClH/c17-14-10-13(18)3-4-15(14)22-9-6-16(21)20-8-5-12-2-1-7-19-11-12;/h3-4,10,12,19H,1-2,5-9,11H2,(H,20,21);1H. The maximum Gasteiger partial charge on any atom is 0.223 e. The van der Waals surface area contributed by atoms with Gasteiger partial charge in [0.25, 0.3) is 0 Å². The number of carbonyl (C=O) groups excluding carboxylic acids is 1. The lowest BCUT2D eigenvalue weighted by molar-refractivity contribution is -0.121. The summed E-state index contributed by atoms with van der Waals surface area (Å²) in [5.41, 5.74) is 0. The molecule has 1 unspecified atom stereocenters. The molecule has 0 aromatic heterocycles. The third-order valence-corrected chi connectivity index (χ3v) is 4.61. The maximum atomic E-state index is 11.8. The Bertz CT molecular complexity index is 497. The highest BCUT2D eigenvalue weighted by molar-refractivity contribution is 9.10. The molecule has 2 N–H and O–H groups in total. The van der Waals surface area contributed by atoms with E-state index in [1.165, 1.54) is 12.8 Å². The summed E-state index contributed by atoms with van der Waals surface area (Å²) < 4.78 is 6.38. The van der Waals surface area contributed by atoms with Crippen LogP contribution in [0.25, 0.3) is 0 Å². The predicted octanol–water partition coefficient (Wildman–Crippen LogP) is 3.80. The van der Waals surface area contributed by atoms with Gasteiger partial charge in [0.15, 0.2) is 0 Å². The Labute approximate surface area is 157 Å². The number of rotatable bonds is 7. The summed E-state index contributed by atoms with van der Waals surface area (Å²) in [6.45, 7) is 3.30. The van der Waals surface area contributed by atoms with Crippen molar-refractivity contribution in [3.05, 3.63) is 27.7 Å². The Morgan fingerprint density at radius 3 is 3.00 bits per heavy atom. The third kappa shape index (κ3) is 7.75. The van der Waals surface area contributed by atoms with Crippen LogP contribution in [0.2, 0.25) is 5.02 Å². The van der Waals surface area contributed by atoms with Gasteiger partial charge in [0.1, 0.15) is 5.75 Å². The normalized spacial score (nSPS) is 17.2. The lowest BCUT2D eigenvalue weighted by Gasteiger charge is -2.22. The zero-order chi connectivity index (χ0) is 15.8. The highest BCUT2D eigenvalue weighted by atomic mass is 79.9. The number of benzene rings is 1. The van der Waals surface area contributed by atoms with E-state index >= 15 is 0 Å². The number of carbonyl (C=O) groups is 1. The van der Waals surface area contributed by atoms with Crippen LogP contribution in [0.1, 0.15) is 25.7 Å². The van der Waals surface area contributed by atoms with Crippen molar-refractivity contribution in [1.82, 2.24) is 10.6 Å². The minimum atomic E-state index is 0. The lowest BCUT2D eigenvalue weighted by atomic mass is 9.96. The molecule has 1 saturated heterocycles. The van der Waals surface area contributed by atoms with Crippen molar-refractivity contribution >= 4 is 45.8 Å². The number of piperidine rings is 1. The molecule has 1 aliphatic heterocycles. The molecular formula is C16H23BrCl2N2O2. The van der Waals surface area contributed by atoms with Gasteiger partial charge in [-0.25, -0.2) is 0 Å². The highest BCUT2D eigenvalue weighted by Gasteiger charge is 2.12. The maximum absolute atomic E-state index is 11.8. The van der Waals surface area contributed by atoms with Crippen LogP contribution in [0.15, 0.2) is 22.7 Å². The summed E-state index contributed by atoms with van der Waals surface area (Å²) in [5, 5.41) is 7.00. The first-order valence-electron chi connectivity index (χ1n) is 7.70. The molecule has 0 saturated carbocycles. The summed E-state index contributed by atoms with van der Waals surface area (Å²) in [6, 6.07) is 5.33. The molecule has 1 atom stereocenters. The van der Waals surface area contributed by atoms with Crippen LogP contribution in [-0.4, -0.2) is 32.1 Å². The van der Waals surface area contributed by atoms with Crippen LogP contribution in [0, 0.1) is 5.92 Å². The van der Waals surface area contributed by atoms with Crippen molar-refractivity contribution in [3.8, 4) is 5.75 Å². The van der Waals surface area contributed by atoms with Crippen LogP contribution in [0.5, 0.6) is 5.75 Å². The van der Waals surface area contributed by atoms with Gasteiger partial charge in [-0.1, -0.05) is 11.6 Å². The lowest BCUT2D eigenvalue weighted by Crippen LogP contribution is -2.33. The summed E-state index contributed by atoms with van der Waals surface area (Å²) in [4.78, 5) is 11.8. The van der Waals surface area contributed by atoms with Gasteiger partial charge in [-0.15, -0.1) is 12.4 Å². The van der Waals surface area contributed by atoms with Gasteiger partial charge in [0, 0.05) is 11.6 Å². The van der Waals surface area contributed by atoms with E-state index in [1.807, 2.05) is 0 Å². The molecule has 1 fully saturated rings. The summed E-state index contributed by atoms with van der Waals surface area (Å²) in [6.07, 6.45) is 3.90. The molecule has 1 heterocycles. The fourth-order valence-corrected chi connectivity index (χ4v) is 3.32. The second-order valence-corrected chi connectivity index (χ2v) is 6.81. The SMILES string of the molecule is Cl.O=C(CCOc1ccc(Cl)cc1Br)NCCC1CCCNC1. The van der Waals surface area contributed by atoms with Gasteiger partial charge < -0.3 is 15.4 Å². The van der Waals surface area contributed by atoms with E-state index in [2.05, 4.69) is 26.6 Å². The molecule has 1 amide bonds. The molecule has 7 heteroatoms. The van der Waals surface area contributed by atoms with Crippen LogP contribution in [-0.2, 0) is 4.79 Å². The van der Waals surface area contributed by atoms with E-state index in [9.17, 15) is 4.79 Å². The smallest absolute Gasteiger partial charge is 0.223 e. The second-order valence-electron chi connectivity index (χ2n) is 5.52. The first-order valence-corrected chi connectivity index (χ1v) is 8.87.